The van der Waals surface area contributed by atoms with E-state index in [0.29, 0.717) is 36.3 Å². The zero-order valence-electron chi connectivity index (χ0n) is 16.8. The molecule has 160 valence electrons. The molecule has 0 aliphatic rings. The van der Waals surface area contributed by atoms with Crippen molar-refractivity contribution in [3.63, 3.8) is 0 Å². The van der Waals surface area contributed by atoms with E-state index < -0.39 is 10.8 Å². The average Bonchev–Trinajstić information content (AvgIpc) is 2.67. The van der Waals surface area contributed by atoms with E-state index in [1.165, 1.54) is 12.1 Å². The first-order valence-corrected chi connectivity index (χ1v) is 10.9. The molecule has 2 atom stereocenters. The van der Waals surface area contributed by atoms with Crippen LogP contribution in [0.2, 0.25) is 0 Å². The maximum Gasteiger partial charge on any atom is 0.191 e. The SMILES string of the molecule is CCNC(=NCC(C)Oc1cccc(F)c1)NCCS(=O)Cc1ccccc1.I. The maximum absolute atomic E-state index is 13.2. The lowest BCUT2D eigenvalue weighted by molar-refractivity contribution is 0.229. The first-order chi connectivity index (χ1) is 13.6. The summed E-state index contributed by atoms with van der Waals surface area (Å²) in [4.78, 5) is 4.49. The van der Waals surface area contributed by atoms with Gasteiger partial charge in [0.25, 0.3) is 0 Å². The molecule has 0 aliphatic carbocycles. The Bertz CT molecular complexity index is 778. The Morgan fingerprint density at radius 2 is 1.93 bits per heavy atom. The number of ether oxygens (including phenoxy) is 1. The molecule has 0 fully saturated rings. The molecular weight excluding hydrogens is 504 g/mol. The highest BCUT2D eigenvalue weighted by atomic mass is 127. The number of aliphatic imine (C=N–C) groups is 1. The average molecular weight is 533 g/mol. The van der Waals surface area contributed by atoms with Crippen LogP contribution in [0.1, 0.15) is 19.4 Å². The lowest BCUT2D eigenvalue weighted by atomic mass is 10.2. The lowest BCUT2D eigenvalue weighted by Crippen LogP contribution is -2.39. The zero-order chi connectivity index (χ0) is 20.2. The van der Waals surface area contributed by atoms with Crippen LogP contribution in [0.25, 0.3) is 0 Å². The van der Waals surface area contributed by atoms with Crippen LogP contribution >= 0.6 is 24.0 Å². The number of rotatable bonds is 10. The minimum Gasteiger partial charge on any atom is -0.489 e. The van der Waals surface area contributed by atoms with Gasteiger partial charge in [0, 0.05) is 41.5 Å². The van der Waals surface area contributed by atoms with Gasteiger partial charge >= 0.3 is 0 Å². The molecule has 0 spiro atoms. The molecule has 8 heteroatoms. The van der Waals surface area contributed by atoms with Crippen molar-refractivity contribution in [3.8, 4) is 5.75 Å². The summed E-state index contributed by atoms with van der Waals surface area (Å²) in [7, 11) is -0.938. The summed E-state index contributed by atoms with van der Waals surface area (Å²) in [6.07, 6.45) is -0.204. The molecule has 2 aromatic rings. The van der Waals surface area contributed by atoms with Crippen molar-refractivity contribution in [2.75, 3.05) is 25.4 Å². The lowest BCUT2D eigenvalue weighted by Gasteiger charge is -2.15. The third kappa shape index (κ3) is 10.6. The van der Waals surface area contributed by atoms with Crippen molar-refractivity contribution >= 4 is 40.7 Å². The van der Waals surface area contributed by atoms with E-state index in [2.05, 4.69) is 15.6 Å². The highest BCUT2D eigenvalue weighted by Gasteiger charge is 2.06. The minimum absolute atomic E-state index is 0. The molecule has 0 bridgehead atoms. The van der Waals surface area contributed by atoms with Crippen LogP contribution in [0, 0.1) is 5.82 Å². The summed E-state index contributed by atoms with van der Waals surface area (Å²) < 4.78 is 31.1. The monoisotopic (exact) mass is 533 g/mol. The van der Waals surface area contributed by atoms with E-state index in [1.807, 2.05) is 44.2 Å². The molecular formula is C21H29FIN3O2S. The van der Waals surface area contributed by atoms with Gasteiger partial charge in [0.2, 0.25) is 0 Å². The Morgan fingerprint density at radius 3 is 2.62 bits per heavy atom. The summed E-state index contributed by atoms with van der Waals surface area (Å²) in [6.45, 7) is 5.56. The second-order valence-corrected chi connectivity index (χ2v) is 7.88. The first-order valence-electron chi connectivity index (χ1n) is 9.40. The molecule has 2 aromatic carbocycles. The second kappa shape index (κ2) is 14.3. The van der Waals surface area contributed by atoms with Gasteiger partial charge < -0.3 is 15.4 Å². The number of nitrogens with one attached hydrogen (secondary N) is 2. The zero-order valence-corrected chi connectivity index (χ0v) is 19.9. The van der Waals surface area contributed by atoms with Crippen LogP contribution in [0.3, 0.4) is 0 Å². The molecule has 2 unspecified atom stereocenters. The van der Waals surface area contributed by atoms with Gasteiger partial charge in [-0.3, -0.25) is 4.21 Å². The molecule has 0 saturated heterocycles. The van der Waals surface area contributed by atoms with Crippen LogP contribution in [0.4, 0.5) is 4.39 Å². The maximum atomic E-state index is 13.2. The predicted molar refractivity (Wildman–Crippen MR) is 129 cm³/mol. The van der Waals surface area contributed by atoms with Gasteiger partial charge in [0.1, 0.15) is 17.7 Å². The molecule has 29 heavy (non-hydrogen) atoms. The predicted octanol–water partition coefficient (Wildman–Crippen LogP) is 3.72. The summed E-state index contributed by atoms with van der Waals surface area (Å²) in [5.74, 6) is 1.89. The van der Waals surface area contributed by atoms with Crippen LogP contribution in [-0.4, -0.2) is 41.7 Å². The molecule has 2 N–H and O–H groups in total. The van der Waals surface area contributed by atoms with Crippen LogP contribution in [-0.2, 0) is 16.6 Å². The Hall–Kier alpha value is -1.68. The van der Waals surface area contributed by atoms with E-state index in [4.69, 9.17) is 4.74 Å². The van der Waals surface area contributed by atoms with Crippen molar-refractivity contribution in [2.24, 2.45) is 4.99 Å². The number of halogens is 2. The fourth-order valence-corrected chi connectivity index (χ4v) is 3.53. The molecule has 0 amide bonds. The quantitative estimate of drug-likeness (QED) is 0.278. The van der Waals surface area contributed by atoms with Crippen LogP contribution in [0.5, 0.6) is 5.75 Å². The highest BCUT2D eigenvalue weighted by Crippen LogP contribution is 2.13. The number of nitrogens with zero attached hydrogens (tertiary/aromatic N) is 1. The standard InChI is InChI=1S/C21H28FN3O2S.HI/c1-3-23-21(24-12-13-28(26)16-18-8-5-4-6-9-18)25-15-17(2)27-20-11-7-10-19(22)14-20;/h4-11,14,17H,3,12-13,15-16H2,1-2H3,(H2,23,24,25);1H. The number of benzene rings is 2. The van der Waals surface area contributed by atoms with Gasteiger partial charge in [-0.1, -0.05) is 36.4 Å². The topological polar surface area (TPSA) is 62.7 Å². The molecule has 0 saturated carbocycles. The molecule has 5 nitrogen and oxygen atoms in total. The van der Waals surface area contributed by atoms with Crippen molar-refractivity contribution in [1.29, 1.82) is 0 Å². The second-order valence-electron chi connectivity index (χ2n) is 6.31. The van der Waals surface area contributed by atoms with Crippen molar-refractivity contribution in [2.45, 2.75) is 25.7 Å². The van der Waals surface area contributed by atoms with E-state index in [1.54, 1.807) is 12.1 Å². The van der Waals surface area contributed by atoms with Crippen molar-refractivity contribution in [3.05, 3.63) is 66.0 Å². The van der Waals surface area contributed by atoms with Gasteiger partial charge in [-0.2, -0.15) is 0 Å². The first kappa shape index (κ1) is 25.4. The van der Waals surface area contributed by atoms with Gasteiger partial charge in [0.05, 0.1) is 6.54 Å². The van der Waals surface area contributed by atoms with E-state index in [9.17, 15) is 8.60 Å². The van der Waals surface area contributed by atoms with E-state index in [-0.39, 0.29) is 35.9 Å². The van der Waals surface area contributed by atoms with Crippen LogP contribution in [0.15, 0.2) is 59.6 Å². The Kier molecular flexibility index (Phi) is 12.5. The third-order valence-electron chi connectivity index (χ3n) is 3.78. The Morgan fingerprint density at radius 1 is 1.17 bits per heavy atom. The fraction of sp³-hybridized carbons (Fsp3) is 0.381. The minimum atomic E-state index is -0.938. The van der Waals surface area contributed by atoms with Gasteiger partial charge in [-0.05, 0) is 31.5 Å². The number of hydrogen-bond donors (Lipinski definition) is 2. The summed E-state index contributed by atoms with van der Waals surface area (Å²) in [5, 5.41) is 6.35. The third-order valence-corrected chi connectivity index (χ3v) is 5.09. The summed E-state index contributed by atoms with van der Waals surface area (Å²) >= 11 is 0. The van der Waals surface area contributed by atoms with E-state index in [0.717, 1.165) is 12.1 Å². The molecule has 0 radical (unpaired) electrons. The number of hydrogen-bond acceptors (Lipinski definition) is 3. The highest BCUT2D eigenvalue weighted by molar-refractivity contribution is 14.0. The Balaban J connectivity index is 0.00000420. The van der Waals surface area contributed by atoms with E-state index >= 15 is 0 Å². The van der Waals surface area contributed by atoms with Crippen molar-refractivity contribution < 1.29 is 13.3 Å². The largest absolute Gasteiger partial charge is 0.489 e. The van der Waals surface area contributed by atoms with Gasteiger partial charge in [-0.15, -0.1) is 24.0 Å². The summed E-state index contributed by atoms with van der Waals surface area (Å²) in [5.41, 5.74) is 1.07. The van der Waals surface area contributed by atoms with Gasteiger partial charge in [0.15, 0.2) is 5.96 Å². The molecule has 0 aromatic heterocycles. The van der Waals surface area contributed by atoms with Crippen LogP contribution < -0.4 is 15.4 Å². The van der Waals surface area contributed by atoms with Crippen molar-refractivity contribution in [1.82, 2.24) is 10.6 Å². The van der Waals surface area contributed by atoms with Gasteiger partial charge in [-0.25, -0.2) is 9.38 Å². The molecule has 0 aliphatic heterocycles. The smallest absolute Gasteiger partial charge is 0.191 e. The molecule has 2 rings (SSSR count). The molecule has 0 heterocycles. The fourth-order valence-electron chi connectivity index (χ4n) is 2.49. The Labute approximate surface area is 192 Å². The number of guanidine groups is 1. The normalized spacial score (nSPS) is 13.1. The summed E-state index contributed by atoms with van der Waals surface area (Å²) in [6, 6.07) is 15.9.